The molecule has 1 N–H and O–H groups in total. The van der Waals surface area contributed by atoms with Crippen LogP contribution in [-0.4, -0.2) is 37.6 Å². The minimum Gasteiger partial charge on any atom is -0.316 e. The van der Waals surface area contributed by atoms with E-state index in [1.54, 1.807) is 0 Å². The largest absolute Gasteiger partial charge is 0.316 e. The van der Waals surface area contributed by atoms with E-state index in [0.717, 1.165) is 5.92 Å². The van der Waals surface area contributed by atoms with Crippen molar-refractivity contribution in [2.24, 2.45) is 11.3 Å². The third-order valence-electron chi connectivity index (χ3n) is 5.36. The van der Waals surface area contributed by atoms with Crippen molar-refractivity contribution < 1.29 is 0 Å². The second-order valence-electron chi connectivity index (χ2n) is 7.43. The van der Waals surface area contributed by atoms with E-state index in [1.165, 1.54) is 84.1 Å². The highest BCUT2D eigenvalue weighted by molar-refractivity contribution is 4.87. The molecule has 0 spiro atoms. The molecule has 1 rings (SSSR count). The second kappa shape index (κ2) is 10.6. The molecule has 0 amide bonds. The Hall–Kier alpha value is -0.0800. The fourth-order valence-corrected chi connectivity index (χ4v) is 3.75. The molecular weight excluding hydrogens is 256 g/mol. The lowest BCUT2D eigenvalue weighted by Crippen LogP contribution is -2.45. The molecule has 0 radical (unpaired) electrons. The molecule has 2 heteroatoms. The first kappa shape index (κ1) is 19.0. The predicted molar refractivity (Wildman–Crippen MR) is 94.9 cm³/mol. The van der Waals surface area contributed by atoms with Gasteiger partial charge in [0.05, 0.1) is 0 Å². The van der Waals surface area contributed by atoms with Gasteiger partial charge in [0.15, 0.2) is 0 Å². The molecule has 1 aliphatic rings. The zero-order valence-electron chi connectivity index (χ0n) is 15.2. The number of nitrogens with one attached hydrogen (secondary N) is 1. The quantitative estimate of drug-likeness (QED) is 0.464. The van der Waals surface area contributed by atoms with Crippen LogP contribution in [0.2, 0.25) is 0 Å². The molecule has 1 atom stereocenters. The van der Waals surface area contributed by atoms with E-state index in [0.29, 0.717) is 5.41 Å². The van der Waals surface area contributed by atoms with E-state index in [4.69, 9.17) is 0 Å². The third kappa shape index (κ3) is 7.15. The van der Waals surface area contributed by atoms with Gasteiger partial charge in [-0.05, 0) is 43.7 Å². The summed E-state index contributed by atoms with van der Waals surface area (Å²) in [5.41, 5.74) is 0.537. The molecule has 2 nitrogen and oxygen atoms in total. The van der Waals surface area contributed by atoms with Crippen molar-refractivity contribution in [3.8, 4) is 0 Å². The summed E-state index contributed by atoms with van der Waals surface area (Å²) in [6.07, 6.45) is 11.2. The van der Waals surface area contributed by atoms with Crippen LogP contribution in [0.15, 0.2) is 0 Å². The van der Waals surface area contributed by atoms with Gasteiger partial charge < -0.3 is 10.2 Å². The van der Waals surface area contributed by atoms with Crippen molar-refractivity contribution >= 4 is 0 Å². The predicted octanol–water partition coefficient (Wildman–Crippen LogP) is 4.69. The number of hydrogen-bond donors (Lipinski definition) is 1. The molecule has 21 heavy (non-hydrogen) atoms. The molecule has 1 unspecified atom stereocenters. The average molecular weight is 297 g/mol. The Labute approximate surface area is 134 Å². The van der Waals surface area contributed by atoms with Crippen molar-refractivity contribution in [3.63, 3.8) is 0 Å². The lowest BCUT2D eigenvalue weighted by molar-refractivity contribution is 0.118. The summed E-state index contributed by atoms with van der Waals surface area (Å²) in [5.74, 6) is 0.830. The summed E-state index contributed by atoms with van der Waals surface area (Å²) in [4.78, 5) is 2.73. The summed E-state index contributed by atoms with van der Waals surface area (Å²) in [7, 11) is 0. The van der Waals surface area contributed by atoms with E-state index in [1.807, 2.05) is 0 Å². The SMILES string of the molecule is CCCNCC1(CN(CC)CC(C)CC)CCCCCC1. The molecule has 1 fully saturated rings. The molecule has 126 valence electrons. The van der Waals surface area contributed by atoms with Gasteiger partial charge in [-0.1, -0.05) is 59.8 Å². The zero-order valence-corrected chi connectivity index (χ0v) is 15.2. The molecule has 0 aliphatic heterocycles. The van der Waals surface area contributed by atoms with Crippen LogP contribution in [0.3, 0.4) is 0 Å². The summed E-state index contributed by atoms with van der Waals surface area (Å²) in [6.45, 7) is 15.5. The lowest BCUT2D eigenvalue weighted by Gasteiger charge is -2.39. The van der Waals surface area contributed by atoms with Crippen molar-refractivity contribution in [2.45, 2.75) is 79.1 Å². The molecular formula is C19H40N2. The Balaban J connectivity index is 2.64. The van der Waals surface area contributed by atoms with Crippen molar-refractivity contribution in [1.29, 1.82) is 0 Å². The Morgan fingerprint density at radius 2 is 1.71 bits per heavy atom. The van der Waals surface area contributed by atoms with E-state index in [2.05, 4.69) is 37.9 Å². The van der Waals surface area contributed by atoms with Gasteiger partial charge in [0.25, 0.3) is 0 Å². The van der Waals surface area contributed by atoms with E-state index in [-0.39, 0.29) is 0 Å². The van der Waals surface area contributed by atoms with Crippen molar-refractivity contribution in [3.05, 3.63) is 0 Å². The summed E-state index contributed by atoms with van der Waals surface area (Å²) < 4.78 is 0. The maximum Gasteiger partial charge on any atom is 0.00501 e. The van der Waals surface area contributed by atoms with Gasteiger partial charge in [0, 0.05) is 19.6 Å². The Kier molecular flexibility index (Phi) is 9.59. The topological polar surface area (TPSA) is 15.3 Å². The highest BCUT2D eigenvalue weighted by Crippen LogP contribution is 2.35. The minimum absolute atomic E-state index is 0.537. The van der Waals surface area contributed by atoms with Gasteiger partial charge in [0.1, 0.15) is 0 Å². The monoisotopic (exact) mass is 296 g/mol. The minimum atomic E-state index is 0.537. The van der Waals surface area contributed by atoms with Crippen LogP contribution in [0.1, 0.15) is 79.1 Å². The Bertz CT molecular complexity index is 244. The highest BCUT2D eigenvalue weighted by Gasteiger charge is 2.32. The van der Waals surface area contributed by atoms with E-state index < -0.39 is 0 Å². The first-order valence-electron chi connectivity index (χ1n) is 9.59. The molecule has 0 heterocycles. The molecule has 1 saturated carbocycles. The maximum absolute atomic E-state index is 3.74. The molecule has 0 aromatic rings. The highest BCUT2D eigenvalue weighted by atomic mass is 15.1. The van der Waals surface area contributed by atoms with Crippen LogP contribution < -0.4 is 5.32 Å². The maximum atomic E-state index is 3.74. The van der Waals surface area contributed by atoms with Crippen molar-refractivity contribution in [1.82, 2.24) is 10.2 Å². The smallest absolute Gasteiger partial charge is 0.00501 e. The van der Waals surface area contributed by atoms with Gasteiger partial charge in [0.2, 0.25) is 0 Å². The first-order chi connectivity index (χ1) is 10.2. The number of rotatable bonds is 10. The van der Waals surface area contributed by atoms with Crippen LogP contribution in [0.25, 0.3) is 0 Å². The fourth-order valence-electron chi connectivity index (χ4n) is 3.75. The third-order valence-corrected chi connectivity index (χ3v) is 5.36. The van der Waals surface area contributed by atoms with Gasteiger partial charge in [-0.3, -0.25) is 0 Å². The van der Waals surface area contributed by atoms with E-state index in [9.17, 15) is 0 Å². The summed E-state index contributed by atoms with van der Waals surface area (Å²) >= 11 is 0. The molecule has 1 aliphatic carbocycles. The second-order valence-corrected chi connectivity index (χ2v) is 7.43. The number of nitrogens with zero attached hydrogens (tertiary/aromatic N) is 1. The van der Waals surface area contributed by atoms with E-state index >= 15 is 0 Å². The fraction of sp³-hybridized carbons (Fsp3) is 1.00. The van der Waals surface area contributed by atoms with Gasteiger partial charge in [-0.25, -0.2) is 0 Å². The standard InChI is InChI=1S/C19H40N2/c1-5-14-20-16-19(12-10-8-9-11-13-19)17-21(7-3)15-18(4)6-2/h18,20H,5-17H2,1-4H3. The van der Waals surface area contributed by atoms with Crippen LogP contribution >= 0.6 is 0 Å². The Morgan fingerprint density at radius 3 is 2.24 bits per heavy atom. The van der Waals surface area contributed by atoms with Gasteiger partial charge in [-0.15, -0.1) is 0 Å². The molecule has 0 aromatic carbocycles. The Morgan fingerprint density at radius 1 is 1.05 bits per heavy atom. The molecule has 0 saturated heterocycles. The van der Waals surface area contributed by atoms with Crippen LogP contribution in [0.5, 0.6) is 0 Å². The average Bonchev–Trinajstić information content (AvgIpc) is 2.72. The summed E-state index contributed by atoms with van der Waals surface area (Å²) in [6, 6.07) is 0. The van der Waals surface area contributed by atoms with Gasteiger partial charge in [-0.2, -0.15) is 0 Å². The first-order valence-corrected chi connectivity index (χ1v) is 9.59. The summed E-state index contributed by atoms with van der Waals surface area (Å²) in [5, 5.41) is 3.74. The lowest BCUT2D eigenvalue weighted by atomic mass is 9.79. The molecule has 0 aromatic heterocycles. The number of hydrogen-bond acceptors (Lipinski definition) is 2. The van der Waals surface area contributed by atoms with Crippen LogP contribution in [0, 0.1) is 11.3 Å². The van der Waals surface area contributed by atoms with Gasteiger partial charge >= 0.3 is 0 Å². The molecule has 0 bridgehead atoms. The van der Waals surface area contributed by atoms with Crippen LogP contribution in [-0.2, 0) is 0 Å². The van der Waals surface area contributed by atoms with Crippen molar-refractivity contribution in [2.75, 3.05) is 32.7 Å². The zero-order chi connectivity index (χ0) is 15.6. The normalized spacial score (nSPS) is 20.4. The van der Waals surface area contributed by atoms with Crippen LogP contribution in [0.4, 0.5) is 0 Å².